The molecule has 1 aliphatic heterocycles. The van der Waals surface area contributed by atoms with Gasteiger partial charge in [-0.25, -0.2) is 0 Å². The van der Waals surface area contributed by atoms with Gasteiger partial charge in [0.05, 0.1) is 20.3 Å². The third-order valence-corrected chi connectivity index (χ3v) is 2.75. The van der Waals surface area contributed by atoms with Crippen LogP contribution in [-0.2, 0) is 4.79 Å². The normalized spacial score (nSPS) is 19.9. The Hall–Kier alpha value is -1.55. The fourth-order valence-electron chi connectivity index (χ4n) is 1.90. The molecule has 0 aromatic heterocycles. The lowest BCUT2D eigenvalue weighted by Crippen LogP contribution is -2.17. The lowest BCUT2D eigenvalue weighted by atomic mass is 10.0. The van der Waals surface area contributed by atoms with Gasteiger partial charge in [0.2, 0.25) is 0 Å². The molecule has 1 saturated heterocycles. The van der Waals surface area contributed by atoms with Gasteiger partial charge in [-0.2, -0.15) is 0 Å². The number of hydrogen-bond acceptors (Lipinski definition) is 4. The summed E-state index contributed by atoms with van der Waals surface area (Å²) in [4.78, 5) is 11.6. The smallest absolute Gasteiger partial charge is 0.155 e. The Morgan fingerprint density at radius 2 is 1.81 bits per heavy atom. The van der Waals surface area contributed by atoms with E-state index in [1.165, 1.54) is 0 Å². The summed E-state index contributed by atoms with van der Waals surface area (Å²) in [5.41, 5.74) is 0.902. The van der Waals surface area contributed by atoms with Crippen LogP contribution in [0.2, 0.25) is 0 Å². The van der Waals surface area contributed by atoms with Crippen molar-refractivity contribution in [3.63, 3.8) is 0 Å². The molecule has 1 N–H and O–H groups in total. The van der Waals surface area contributed by atoms with Crippen molar-refractivity contribution in [1.82, 2.24) is 5.32 Å². The maximum absolute atomic E-state index is 11.6. The molecule has 2 rings (SSSR count). The Morgan fingerprint density at radius 3 is 2.25 bits per heavy atom. The number of benzene rings is 1. The summed E-state index contributed by atoms with van der Waals surface area (Å²) in [6.07, 6.45) is 0.587. The highest BCUT2D eigenvalue weighted by atomic mass is 16.5. The molecule has 1 atom stereocenters. The van der Waals surface area contributed by atoms with Crippen LogP contribution >= 0.6 is 0 Å². The minimum absolute atomic E-state index is 0.218. The predicted octanol–water partition coefficient (Wildman–Crippen LogP) is 1.31. The molecule has 0 spiro atoms. The van der Waals surface area contributed by atoms with Gasteiger partial charge in [0.15, 0.2) is 5.78 Å². The molecular weight excluding hydrogens is 206 g/mol. The number of carbonyl (C=O) groups excluding carboxylic acids is 1. The molecule has 0 radical (unpaired) electrons. The monoisotopic (exact) mass is 221 g/mol. The van der Waals surface area contributed by atoms with E-state index in [1.807, 2.05) is 12.1 Å². The molecule has 1 aliphatic rings. The van der Waals surface area contributed by atoms with Gasteiger partial charge in [0, 0.05) is 19.0 Å². The standard InChI is InChI=1S/C12H15NO3/c1-15-9-5-8(6-10(7-9)16-2)12-11(14)3-4-13-12/h5-7,12-13H,3-4H2,1-2H3. The average molecular weight is 221 g/mol. The van der Waals surface area contributed by atoms with Crippen molar-refractivity contribution in [1.29, 1.82) is 0 Å². The average Bonchev–Trinajstić information content (AvgIpc) is 2.74. The van der Waals surface area contributed by atoms with Crippen molar-refractivity contribution in [2.75, 3.05) is 20.8 Å². The van der Waals surface area contributed by atoms with Gasteiger partial charge in [-0.1, -0.05) is 0 Å². The Kier molecular flexibility index (Phi) is 3.10. The molecule has 4 heteroatoms. The van der Waals surface area contributed by atoms with Gasteiger partial charge in [-0.15, -0.1) is 0 Å². The van der Waals surface area contributed by atoms with Crippen molar-refractivity contribution < 1.29 is 14.3 Å². The van der Waals surface area contributed by atoms with Crippen LogP contribution in [0.25, 0.3) is 0 Å². The molecule has 0 saturated carbocycles. The van der Waals surface area contributed by atoms with Crippen LogP contribution in [0.1, 0.15) is 18.0 Å². The molecule has 0 amide bonds. The third-order valence-electron chi connectivity index (χ3n) is 2.75. The van der Waals surface area contributed by atoms with Crippen molar-refractivity contribution in [3.8, 4) is 11.5 Å². The molecule has 0 aliphatic carbocycles. The summed E-state index contributed by atoms with van der Waals surface area (Å²) in [6, 6.07) is 5.31. The lowest BCUT2D eigenvalue weighted by Gasteiger charge is -2.12. The summed E-state index contributed by atoms with van der Waals surface area (Å²) in [5.74, 6) is 1.63. The molecule has 0 bridgehead atoms. The Morgan fingerprint density at radius 1 is 1.19 bits per heavy atom. The van der Waals surface area contributed by atoms with E-state index in [1.54, 1.807) is 20.3 Å². The maximum Gasteiger partial charge on any atom is 0.155 e. The second-order valence-electron chi connectivity index (χ2n) is 3.75. The topological polar surface area (TPSA) is 47.6 Å². The zero-order chi connectivity index (χ0) is 11.5. The van der Waals surface area contributed by atoms with Crippen molar-refractivity contribution in [2.24, 2.45) is 0 Å². The number of nitrogens with one attached hydrogen (secondary N) is 1. The molecule has 86 valence electrons. The van der Waals surface area contributed by atoms with Gasteiger partial charge in [-0.05, 0) is 17.7 Å². The van der Waals surface area contributed by atoms with Crippen LogP contribution < -0.4 is 14.8 Å². The first-order valence-corrected chi connectivity index (χ1v) is 5.23. The highest BCUT2D eigenvalue weighted by Gasteiger charge is 2.26. The van der Waals surface area contributed by atoms with Gasteiger partial charge in [0.25, 0.3) is 0 Å². The van der Waals surface area contributed by atoms with Crippen molar-refractivity contribution in [2.45, 2.75) is 12.5 Å². The number of methoxy groups -OCH3 is 2. The SMILES string of the molecule is COc1cc(OC)cc(C2NCCC2=O)c1. The summed E-state index contributed by atoms with van der Waals surface area (Å²) in [5, 5.41) is 3.16. The second kappa shape index (κ2) is 4.53. The highest BCUT2D eigenvalue weighted by Crippen LogP contribution is 2.28. The largest absolute Gasteiger partial charge is 0.497 e. The highest BCUT2D eigenvalue weighted by molar-refractivity contribution is 5.87. The summed E-state index contributed by atoms with van der Waals surface area (Å²) < 4.78 is 10.3. The minimum Gasteiger partial charge on any atom is -0.497 e. The van der Waals surface area contributed by atoms with Crippen molar-refractivity contribution in [3.05, 3.63) is 23.8 Å². The minimum atomic E-state index is -0.219. The van der Waals surface area contributed by atoms with Crippen LogP contribution in [0.15, 0.2) is 18.2 Å². The molecule has 4 nitrogen and oxygen atoms in total. The molecule has 1 fully saturated rings. The Bertz CT molecular complexity index is 381. The number of rotatable bonds is 3. The summed E-state index contributed by atoms with van der Waals surface area (Å²) >= 11 is 0. The van der Waals surface area contributed by atoms with Gasteiger partial charge in [-0.3, -0.25) is 4.79 Å². The van der Waals surface area contributed by atoms with E-state index in [-0.39, 0.29) is 11.8 Å². The van der Waals surface area contributed by atoms with E-state index in [4.69, 9.17) is 9.47 Å². The van der Waals surface area contributed by atoms with E-state index in [0.29, 0.717) is 17.9 Å². The van der Waals surface area contributed by atoms with Gasteiger partial charge in [0.1, 0.15) is 11.5 Å². The van der Waals surface area contributed by atoms with Gasteiger partial charge < -0.3 is 14.8 Å². The van der Waals surface area contributed by atoms with Crippen LogP contribution in [-0.4, -0.2) is 26.5 Å². The van der Waals surface area contributed by atoms with E-state index >= 15 is 0 Å². The van der Waals surface area contributed by atoms with Crippen LogP contribution in [0.5, 0.6) is 11.5 Å². The first-order chi connectivity index (χ1) is 7.74. The Balaban J connectivity index is 2.35. The lowest BCUT2D eigenvalue weighted by molar-refractivity contribution is -0.118. The molecule has 1 heterocycles. The van der Waals surface area contributed by atoms with E-state index in [2.05, 4.69) is 5.32 Å². The first kappa shape index (κ1) is 11.0. The van der Waals surface area contributed by atoms with E-state index in [0.717, 1.165) is 12.1 Å². The van der Waals surface area contributed by atoms with Crippen molar-refractivity contribution >= 4 is 5.78 Å². The molecular formula is C12H15NO3. The molecule has 16 heavy (non-hydrogen) atoms. The molecule has 1 aromatic rings. The van der Waals surface area contributed by atoms with Crippen LogP contribution in [0.3, 0.4) is 0 Å². The zero-order valence-electron chi connectivity index (χ0n) is 9.45. The third kappa shape index (κ3) is 2.02. The van der Waals surface area contributed by atoms with Gasteiger partial charge >= 0.3 is 0 Å². The summed E-state index contributed by atoms with van der Waals surface area (Å²) in [7, 11) is 3.20. The number of hydrogen-bond donors (Lipinski definition) is 1. The summed E-state index contributed by atoms with van der Waals surface area (Å²) in [6.45, 7) is 0.739. The zero-order valence-corrected chi connectivity index (χ0v) is 9.45. The quantitative estimate of drug-likeness (QED) is 0.836. The molecule has 1 unspecified atom stereocenters. The first-order valence-electron chi connectivity index (χ1n) is 5.23. The number of carbonyl (C=O) groups is 1. The number of ether oxygens (including phenoxy) is 2. The predicted molar refractivity (Wildman–Crippen MR) is 59.9 cm³/mol. The Labute approximate surface area is 94.6 Å². The van der Waals surface area contributed by atoms with E-state index < -0.39 is 0 Å². The maximum atomic E-state index is 11.6. The fourth-order valence-corrected chi connectivity index (χ4v) is 1.90. The van der Waals surface area contributed by atoms with E-state index in [9.17, 15) is 4.79 Å². The van der Waals surface area contributed by atoms with Crippen LogP contribution in [0, 0.1) is 0 Å². The second-order valence-corrected chi connectivity index (χ2v) is 3.75. The van der Waals surface area contributed by atoms with Crippen LogP contribution in [0.4, 0.5) is 0 Å². The fraction of sp³-hybridized carbons (Fsp3) is 0.417. The number of Topliss-reactive ketones (excluding diaryl/α,β-unsaturated/α-hetero) is 1. The molecule has 1 aromatic carbocycles. The number of ketones is 1.